The first-order chi connectivity index (χ1) is 9.31. The molecule has 0 bridgehead atoms. The van der Waals surface area contributed by atoms with E-state index >= 15 is 0 Å². The Kier molecular flexibility index (Phi) is 5.80. The van der Waals surface area contributed by atoms with Gasteiger partial charge >= 0.3 is 5.69 Å². The molecular formula is C15H24N2O3. The van der Waals surface area contributed by atoms with E-state index in [4.69, 9.17) is 4.74 Å². The van der Waals surface area contributed by atoms with Crippen molar-refractivity contribution in [1.29, 1.82) is 0 Å². The Hall–Kier alpha value is -1.78. The van der Waals surface area contributed by atoms with E-state index in [-0.39, 0.29) is 22.8 Å². The van der Waals surface area contributed by atoms with Crippen molar-refractivity contribution in [3.8, 4) is 5.75 Å². The number of nitro groups is 1. The highest BCUT2D eigenvalue weighted by Crippen LogP contribution is 2.36. The lowest BCUT2D eigenvalue weighted by molar-refractivity contribution is -0.385. The number of para-hydroxylation sites is 1. The van der Waals surface area contributed by atoms with E-state index in [2.05, 4.69) is 19.2 Å². The van der Waals surface area contributed by atoms with Crippen molar-refractivity contribution in [3.05, 3.63) is 28.3 Å². The summed E-state index contributed by atoms with van der Waals surface area (Å²) in [4.78, 5) is 10.9. The van der Waals surface area contributed by atoms with Crippen LogP contribution in [0, 0.1) is 16.0 Å². The van der Waals surface area contributed by atoms with E-state index in [1.54, 1.807) is 18.2 Å². The standard InChI is InChI=1S/C15H24N2O3/c1-10(2)9-12(5)16-13-7-6-8-14(20-11(3)4)15(13)17(18)19/h6-8,10-12,16H,9H2,1-5H3. The van der Waals surface area contributed by atoms with Crippen LogP contribution in [0.5, 0.6) is 5.75 Å². The molecule has 0 spiro atoms. The number of anilines is 1. The Morgan fingerprint density at radius 3 is 2.40 bits per heavy atom. The molecule has 0 aromatic heterocycles. The highest BCUT2D eigenvalue weighted by Gasteiger charge is 2.22. The molecule has 5 nitrogen and oxygen atoms in total. The monoisotopic (exact) mass is 280 g/mol. The Balaban J connectivity index is 3.03. The average Bonchev–Trinajstić information content (AvgIpc) is 2.26. The van der Waals surface area contributed by atoms with Crippen LogP contribution >= 0.6 is 0 Å². The van der Waals surface area contributed by atoms with Gasteiger partial charge in [0.25, 0.3) is 0 Å². The third-order valence-electron chi connectivity index (χ3n) is 2.77. The molecule has 0 fully saturated rings. The van der Waals surface area contributed by atoms with Crippen LogP contribution in [-0.4, -0.2) is 17.1 Å². The number of nitrogens with one attached hydrogen (secondary N) is 1. The minimum atomic E-state index is -0.387. The largest absolute Gasteiger partial charge is 0.484 e. The van der Waals surface area contributed by atoms with Crippen molar-refractivity contribution in [1.82, 2.24) is 0 Å². The Labute approximate surface area is 120 Å². The van der Waals surface area contributed by atoms with Crippen LogP contribution in [0.25, 0.3) is 0 Å². The fourth-order valence-corrected chi connectivity index (χ4v) is 2.21. The first-order valence-corrected chi connectivity index (χ1v) is 7.01. The molecule has 0 saturated heterocycles. The van der Waals surface area contributed by atoms with Crippen LogP contribution in [0.15, 0.2) is 18.2 Å². The topological polar surface area (TPSA) is 64.4 Å². The van der Waals surface area contributed by atoms with Gasteiger partial charge in [-0.3, -0.25) is 10.1 Å². The number of hydrogen-bond donors (Lipinski definition) is 1. The molecule has 0 amide bonds. The molecule has 0 aliphatic heterocycles. The average molecular weight is 280 g/mol. The second-order valence-corrected chi connectivity index (χ2v) is 5.75. The van der Waals surface area contributed by atoms with Crippen LogP contribution < -0.4 is 10.1 Å². The molecule has 0 aliphatic carbocycles. The summed E-state index contributed by atoms with van der Waals surface area (Å²) in [6.45, 7) is 9.99. The molecule has 112 valence electrons. The molecule has 1 unspecified atom stereocenters. The summed E-state index contributed by atoms with van der Waals surface area (Å²) < 4.78 is 5.53. The first-order valence-electron chi connectivity index (χ1n) is 7.01. The van der Waals surface area contributed by atoms with E-state index in [0.29, 0.717) is 17.4 Å². The highest BCUT2D eigenvalue weighted by molar-refractivity contribution is 5.68. The van der Waals surface area contributed by atoms with Gasteiger partial charge in [0.1, 0.15) is 5.69 Å². The molecule has 1 rings (SSSR count). The number of benzene rings is 1. The summed E-state index contributed by atoms with van der Waals surface area (Å²) in [5.41, 5.74) is 0.526. The van der Waals surface area contributed by atoms with Crippen molar-refractivity contribution >= 4 is 11.4 Å². The van der Waals surface area contributed by atoms with Crippen LogP contribution in [0.2, 0.25) is 0 Å². The van der Waals surface area contributed by atoms with Gasteiger partial charge in [0.05, 0.1) is 11.0 Å². The lowest BCUT2D eigenvalue weighted by Crippen LogP contribution is -2.18. The Morgan fingerprint density at radius 2 is 1.90 bits per heavy atom. The Morgan fingerprint density at radius 1 is 1.25 bits per heavy atom. The van der Waals surface area contributed by atoms with E-state index in [0.717, 1.165) is 6.42 Å². The zero-order chi connectivity index (χ0) is 15.3. The maximum Gasteiger partial charge on any atom is 0.333 e. The summed E-state index contributed by atoms with van der Waals surface area (Å²) in [5, 5.41) is 14.5. The zero-order valence-corrected chi connectivity index (χ0v) is 12.8. The van der Waals surface area contributed by atoms with E-state index in [1.165, 1.54) is 0 Å². The van der Waals surface area contributed by atoms with Gasteiger partial charge in [0.2, 0.25) is 0 Å². The molecule has 0 heterocycles. The maximum absolute atomic E-state index is 11.3. The van der Waals surface area contributed by atoms with Crippen molar-refractivity contribution in [2.24, 2.45) is 5.92 Å². The van der Waals surface area contributed by atoms with Gasteiger partial charge in [0.15, 0.2) is 5.75 Å². The molecule has 5 heteroatoms. The predicted octanol–water partition coefficient (Wildman–Crippen LogP) is 4.23. The summed E-state index contributed by atoms with van der Waals surface area (Å²) >= 11 is 0. The van der Waals surface area contributed by atoms with Gasteiger partial charge in [-0.25, -0.2) is 0 Å². The highest BCUT2D eigenvalue weighted by atomic mass is 16.6. The summed E-state index contributed by atoms with van der Waals surface area (Å²) in [5.74, 6) is 0.846. The third-order valence-corrected chi connectivity index (χ3v) is 2.77. The number of ether oxygens (including phenoxy) is 1. The molecule has 0 aliphatic rings. The smallest absolute Gasteiger partial charge is 0.333 e. The van der Waals surface area contributed by atoms with Crippen LogP contribution in [0.1, 0.15) is 41.0 Å². The van der Waals surface area contributed by atoms with Gasteiger partial charge < -0.3 is 10.1 Å². The minimum absolute atomic E-state index is 0.0109. The van der Waals surface area contributed by atoms with E-state index in [1.807, 2.05) is 20.8 Å². The fourth-order valence-electron chi connectivity index (χ4n) is 2.21. The molecule has 1 atom stereocenters. The van der Waals surface area contributed by atoms with E-state index in [9.17, 15) is 10.1 Å². The quantitative estimate of drug-likeness (QED) is 0.599. The van der Waals surface area contributed by atoms with Gasteiger partial charge in [-0.15, -0.1) is 0 Å². The molecule has 0 saturated carbocycles. The number of rotatable bonds is 7. The summed E-state index contributed by atoms with van der Waals surface area (Å²) in [6.07, 6.45) is 0.851. The summed E-state index contributed by atoms with van der Waals surface area (Å²) in [6, 6.07) is 5.30. The fraction of sp³-hybridized carbons (Fsp3) is 0.600. The van der Waals surface area contributed by atoms with Gasteiger partial charge in [-0.05, 0) is 45.2 Å². The maximum atomic E-state index is 11.3. The zero-order valence-electron chi connectivity index (χ0n) is 12.8. The normalized spacial score (nSPS) is 12.6. The summed E-state index contributed by atoms with van der Waals surface area (Å²) in [7, 11) is 0. The lowest BCUT2D eigenvalue weighted by Gasteiger charge is -2.18. The minimum Gasteiger partial charge on any atom is -0.484 e. The predicted molar refractivity (Wildman–Crippen MR) is 81.4 cm³/mol. The molecule has 1 aromatic carbocycles. The third kappa shape index (κ3) is 4.72. The van der Waals surface area contributed by atoms with Crippen LogP contribution in [0.3, 0.4) is 0 Å². The van der Waals surface area contributed by atoms with Crippen molar-refractivity contribution in [2.45, 2.75) is 53.2 Å². The second-order valence-electron chi connectivity index (χ2n) is 5.75. The first kappa shape index (κ1) is 16.3. The van der Waals surface area contributed by atoms with E-state index < -0.39 is 0 Å². The second kappa shape index (κ2) is 7.12. The van der Waals surface area contributed by atoms with Gasteiger partial charge in [0, 0.05) is 6.04 Å². The van der Waals surface area contributed by atoms with Crippen molar-refractivity contribution in [2.75, 3.05) is 5.32 Å². The number of hydrogen-bond acceptors (Lipinski definition) is 4. The Bertz CT molecular complexity index is 458. The lowest BCUT2D eigenvalue weighted by atomic mass is 10.0. The molecular weight excluding hydrogens is 256 g/mol. The van der Waals surface area contributed by atoms with Crippen LogP contribution in [-0.2, 0) is 0 Å². The SMILES string of the molecule is CC(C)CC(C)Nc1cccc(OC(C)C)c1[N+](=O)[O-]. The molecule has 0 radical (unpaired) electrons. The molecule has 1 N–H and O–H groups in total. The number of nitro benzene ring substituents is 1. The van der Waals surface area contributed by atoms with Crippen molar-refractivity contribution < 1.29 is 9.66 Å². The molecule has 1 aromatic rings. The number of nitrogens with zero attached hydrogens (tertiary/aromatic N) is 1. The molecule has 20 heavy (non-hydrogen) atoms. The van der Waals surface area contributed by atoms with Gasteiger partial charge in [-0.1, -0.05) is 19.9 Å². The van der Waals surface area contributed by atoms with Gasteiger partial charge in [-0.2, -0.15) is 0 Å². The van der Waals surface area contributed by atoms with Crippen molar-refractivity contribution in [3.63, 3.8) is 0 Å². The van der Waals surface area contributed by atoms with Crippen LogP contribution in [0.4, 0.5) is 11.4 Å².